The summed E-state index contributed by atoms with van der Waals surface area (Å²) in [5.41, 5.74) is 1.44. The minimum Gasteiger partial charge on any atom is -0.353 e. The average molecular weight is 593 g/mol. The van der Waals surface area contributed by atoms with Crippen LogP contribution in [0.4, 0.5) is 13.2 Å². The van der Waals surface area contributed by atoms with Crippen LogP contribution >= 0.6 is 11.6 Å². The number of carbonyl (C=O) groups is 2. The number of rotatable bonds is 10. The summed E-state index contributed by atoms with van der Waals surface area (Å²) in [6, 6.07) is 13.3. The summed E-state index contributed by atoms with van der Waals surface area (Å²) in [6.45, 7) is 1.91. The Morgan fingerprint density at radius 3 is 2.02 bits per heavy atom. The molecular formula is C31H40ClF3N4O2. The second kappa shape index (κ2) is 13.6. The lowest BCUT2D eigenvalue weighted by Crippen LogP contribution is -2.52. The van der Waals surface area contributed by atoms with Crippen LogP contribution in [0.3, 0.4) is 0 Å². The normalized spacial score (nSPS) is 23.5. The zero-order valence-electron chi connectivity index (χ0n) is 23.8. The maximum atomic E-state index is 12.8. The van der Waals surface area contributed by atoms with Gasteiger partial charge in [0.25, 0.3) is 0 Å². The van der Waals surface area contributed by atoms with Gasteiger partial charge in [-0.3, -0.25) is 14.5 Å². The Kier molecular flexibility index (Phi) is 10.4. The first-order valence-electron chi connectivity index (χ1n) is 14.3. The van der Waals surface area contributed by atoms with E-state index in [4.69, 9.17) is 11.6 Å². The molecule has 2 aromatic rings. The number of alkyl halides is 3. The molecule has 224 valence electrons. The van der Waals surface area contributed by atoms with E-state index in [0.717, 1.165) is 67.8 Å². The van der Waals surface area contributed by atoms with E-state index in [9.17, 15) is 22.8 Å². The van der Waals surface area contributed by atoms with Gasteiger partial charge in [-0.25, -0.2) is 0 Å². The highest BCUT2D eigenvalue weighted by atomic mass is 35.5. The number of likely N-dealkylation sites (N-methyl/N-ethyl adjacent to an activating group) is 1. The van der Waals surface area contributed by atoms with E-state index in [1.807, 2.05) is 12.1 Å². The molecule has 6 nitrogen and oxygen atoms in total. The fourth-order valence-corrected chi connectivity index (χ4v) is 6.17. The van der Waals surface area contributed by atoms with Crippen LogP contribution in [0.1, 0.15) is 61.6 Å². The second-order valence-electron chi connectivity index (χ2n) is 11.7. The quantitative estimate of drug-likeness (QED) is 0.386. The molecule has 2 fully saturated rings. The molecule has 0 aromatic heterocycles. The van der Waals surface area contributed by atoms with E-state index in [0.29, 0.717) is 13.1 Å². The van der Waals surface area contributed by atoms with Gasteiger partial charge in [0.2, 0.25) is 11.8 Å². The first-order chi connectivity index (χ1) is 19.4. The molecule has 1 aliphatic heterocycles. The van der Waals surface area contributed by atoms with E-state index in [1.165, 1.54) is 17.7 Å². The van der Waals surface area contributed by atoms with E-state index in [1.54, 1.807) is 0 Å². The van der Waals surface area contributed by atoms with Gasteiger partial charge in [0.05, 0.1) is 5.56 Å². The minimum atomic E-state index is -4.34. The summed E-state index contributed by atoms with van der Waals surface area (Å²) < 4.78 is 38.3. The molecule has 2 aromatic carbocycles. The van der Waals surface area contributed by atoms with Gasteiger partial charge in [-0.1, -0.05) is 35.9 Å². The lowest BCUT2D eigenvalue weighted by Gasteiger charge is -2.45. The molecule has 1 saturated heterocycles. The highest BCUT2D eigenvalue weighted by Gasteiger charge is 2.37. The van der Waals surface area contributed by atoms with Crippen molar-refractivity contribution in [3.05, 3.63) is 70.2 Å². The van der Waals surface area contributed by atoms with Crippen LogP contribution in [-0.2, 0) is 28.7 Å². The zero-order chi connectivity index (χ0) is 29.6. The molecule has 0 bridgehead atoms. The van der Waals surface area contributed by atoms with Gasteiger partial charge in [0.1, 0.15) is 0 Å². The molecule has 4 rings (SSSR count). The van der Waals surface area contributed by atoms with Crippen LogP contribution in [0.25, 0.3) is 0 Å². The van der Waals surface area contributed by atoms with Crippen LogP contribution in [0.5, 0.6) is 0 Å². The fraction of sp³-hybridized carbons (Fsp3) is 0.548. The first-order valence-corrected chi connectivity index (χ1v) is 14.7. The standard InChI is InChI=1S/C31H40ClF3N4O2/c1-38(2)30(19-22-5-9-25(32)10-6-22)16-13-26(14-17-30)36-28(40)11-12-29(41)37-27-15-18-39(21-27)20-23-3-7-24(8-4-23)31(33,34)35/h3-10,26-27H,11-21H2,1-2H3,(H,36,40)(H,37,41). The summed E-state index contributed by atoms with van der Waals surface area (Å²) in [7, 11) is 4.23. The third-order valence-electron chi connectivity index (χ3n) is 8.58. The third-order valence-corrected chi connectivity index (χ3v) is 8.83. The van der Waals surface area contributed by atoms with Gasteiger partial charge in [-0.05, 0) is 88.0 Å². The van der Waals surface area contributed by atoms with Gasteiger partial charge < -0.3 is 15.5 Å². The molecule has 1 saturated carbocycles. The van der Waals surface area contributed by atoms with Crippen molar-refractivity contribution in [1.82, 2.24) is 20.4 Å². The van der Waals surface area contributed by atoms with Crippen LogP contribution in [0.15, 0.2) is 48.5 Å². The van der Waals surface area contributed by atoms with Crippen molar-refractivity contribution >= 4 is 23.4 Å². The smallest absolute Gasteiger partial charge is 0.353 e. The largest absolute Gasteiger partial charge is 0.416 e. The number of benzene rings is 2. The lowest BCUT2D eigenvalue weighted by atomic mass is 9.75. The molecule has 1 aliphatic carbocycles. The van der Waals surface area contributed by atoms with Crippen molar-refractivity contribution in [3.63, 3.8) is 0 Å². The molecule has 10 heteroatoms. The maximum Gasteiger partial charge on any atom is 0.416 e. The fourth-order valence-electron chi connectivity index (χ4n) is 6.04. The molecule has 1 atom stereocenters. The van der Waals surface area contributed by atoms with Crippen molar-refractivity contribution in [2.45, 2.75) is 81.7 Å². The third kappa shape index (κ3) is 8.93. The summed E-state index contributed by atoms with van der Waals surface area (Å²) in [4.78, 5) is 29.6. The Morgan fingerprint density at radius 1 is 0.902 bits per heavy atom. The number of hydrogen-bond acceptors (Lipinski definition) is 4. The van der Waals surface area contributed by atoms with Gasteiger partial charge in [-0.2, -0.15) is 13.2 Å². The Bertz CT molecular complexity index is 1160. The number of likely N-dealkylation sites (tertiary alicyclic amines) is 1. The molecule has 1 heterocycles. The molecule has 1 unspecified atom stereocenters. The van der Waals surface area contributed by atoms with Crippen LogP contribution in [0, 0.1) is 0 Å². The van der Waals surface area contributed by atoms with Crippen LogP contribution in [-0.4, -0.2) is 66.4 Å². The molecule has 2 aliphatic rings. The SMILES string of the molecule is CN(C)C1(Cc2ccc(Cl)cc2)CCC(NC(=O)CCC(=O)NC2CCN(Cc3ccc(C(F)(F)F)cc3)C2)CC1. The van der Waals surface area contributed by atoms with E-state index in [2.05, 4.69) is 46.7 Å². The molecule has 0 radical (unpaired) electrons. The topological polar surface area (TPSA) is 64.7 Å². The van der Waals surface area contributed by atoms with Gasteiger partial charge in [0.15, 0.2) is 0 Å². The van der Waals surface area contributed by atoms with Crippen LogP contribution in [0.2, 0.25) is 5.02 Å². The zero-order valence-corrected chi connectivity index (χ0v) is 24.5. The van der Waals surface area contributed by atoms with E-state index < -0.39 is 11.7 Å². The van der Waals surface area contributed by atoms with Crippen molar-refractivity contribution in [2.75, 3.05) is 27.2 Å². The van der Waals surface area contributed by atoms with Gasteiger partial charge in [0, 0.05) is 55.1 Å². The van der Waals surface area contributed by atoms with E-state index >= 15 is 0 Å². The van der Waals surface area contributed by atoms with E-state index in [-0.39, 0.29) is 42.3 Å². The Balaban J connectivity index is 1.15. The summed E-state index contributed by atoms with van der Waals surface area (Å²) in [5.74, 6) is -0.254. The lowest BCUT2D eigenvalue weighted by molar-refractivity contribution is -0.137. The number of nitrogens with one attached hydrogen (secondary N) is 2. The Labute approximate surface area is 245 Å². The van der Waals surface area contributed by atoms with Gasteiger partial charge >= 0.3 is 6.18 Å². The number of hydrogen-bond donors (Lipinski definition) is 2. The molecule has 41 heavy (non-hydrogen) atoms. The summed E-state index contributed by atoms with van der Waals surface area (Å²) >= 11 is 6.05. The summed E-state index contributed by atoms with van der Waals surface area (Å²) in [6.07, 6.45) is 1.36. The van der Waals surface area contributed by atoms with Crippen molar-refractivity contribution in [3.8, 4) is 0 Å². The molecular weight excluding hydrogens is 553 g/mol. The first kappa shape index (κ1) is 31.3. The predicted molar refractivity (Wildman–Crippen MR) is 154 cm³/mol. The second-order valence-corrected chi connectivity index (χ2v) is 12.2. The average Bonchev–Trinajstić information content (AvgIpc) is 3.36. The highest BCUT2D eigenvalue weighted by Crippen LogP contribution is 2.36. The van der Waals surface area contributed by atoms with Gasteiger partial charge in [-0.15, -0.1) is 0 Å². The van der Waals surface area contributed by atoms with Crippen molar-refractivity contribution in [2.24, 2.45) is 0 Å². The van der Waals surface area contributed by atoms with Crippen molar-refractivity contribution in [1.29, 1.82) is 0 Å². The number of nitrogens with zero attached hydrogens (tertiary/aromatic N) is 2. The highest BCUT2D eigenvalue weighted by molar-refractivity contribution is 6.30. The number of amides is 2. The predicted octanol–water partition coefficient (Wildman–Crippen LogP) is 5.43. The molecule has 2 N–H and O–H groups in total. The Hall–Kier alpha value is -2.62. The number of halogens is 4. The summed E-state index contributed by atoms with van der Waals surface area (Å²) in [5, 5.41) is 6.87. The monoisotopic (exact) mass is 592 g/mol. The molecule has 0 spiro atoms. The minimum absolute atomic E-state index is 0.0295. The number of carbonyl (C=O) groups excluding carboxylic acids is 2. The Morgan fingerprint density at radius 2 is 1.46 bits per heavy atom. The van der Waals surface area contributed by atoms with Crippen LogP contribution < -0.4 is 10.6 Å². The maximum absolute atomic E-state index is 12.8. The molecule has 2 amide bonds. The van der Waals surface area contributed by atoms with Crippen molar-refractivity contribution < 1.29 is 22.8 Å².